The number of aromatic nitrogens is 1. The Labute approximate surface area is 153 Å². The van der Waals surface area contributed by atoms with Crippen molar-refractivity contribution in [3.8, 4) is 11.3 Å². The maximum Gasteiger partial charge on any atom is 0.220 e. The highest BCUT2D eigenvalue weighted by molar-refractivity contribution is 6.30. The third-order valence-electron chi connectivity index (χ3n) is 3.69. The standard InChI is InChI=1S/C19H15ClF2N2O2/c20-13-3-1-2-12(8-13)10-23-18(25)6-7-19-24-11-17(26-19)15-5-4-14(21)9-16(15)22/h1-5,8-9,11H,6-7,10H2,(H,23,25). The van der Waals surface area contributed by atoms with Gasteiger partial charge in [0.05, 0.1) is 11.8 Å². The lowest BCUT2D eigenvalue weighted by molar-refractivity contribution is -0.121. The SMILES string of the molecule is O=C(CCc1ncc(-c2ccc(F)cc2F)o1)NCc1cccc(Cl)c1. The maximum absolute atomic E-state index is 13.7. The largest absolute Gasteiger partial charge is 0.441 e. The molecule has 0 saturated carbocycles. The van der Waals surface area contributed by atoms with E-state index in [0.717, 1.165) is 17.7 Å². The zero-order valence-electron chi connectivity index (χ0n) is 13.6. The number of aryl methyl sites for hydroxylation is 1. The minimum absolute atomic E-state index is 0.121. The van der Waals surface area contributed by atoms with Gasteiger partial charge in [0.25, 0.3) is 0 Å². The summed E-state index contributed by atoms with van der Waals surface area (Å²) in [5, 5.41) is 3.39. The minimum atomic E-state index is -0.730. The van der Waals surface area contributed by atoms with Crippen LogP contribution in [0.15, 0.2) is 53.1 Å². The minimum Gasteiger partial charge on any atom is -0.441 e. The molecule has 4 nitrogen and oxygen atoms in total. The van der Waals surface area contributed by atoms with E-state index in [9.17, 15) is 13.6 Å². The van der Waals surface area contributed by atoms with E-state index in [2.05, 4.69) is 10.3 Å². The van der Waals surface area contributed by atoms with Gasteiger partial charge in [-0.05, 0) is 29.8 Å². The first-order valence-corrected chi connectivity index (χ1v) is 8.30. The van der Waals surface area contributed by atoms with Gasteiger partial charge in [-0.2, -0.15) is 0 Å². The Bertz CT molecular complexity index is 927. The molecule has 0 aliphatic rings. The molecule has 3 rings (SSSR count). The third-order valence-corrected chi connectivity index (χ3v) is 3.93. The molecule has 0 aliphatic carbocycles. The van der Waals surface area contributed by atoms with Crippen LogP contribution < -0.4 is 5.32 Å². The van der Waals surface area contributed by atoms with E-state index in [1.807, 2.05) is 12.1 Å². The number of hydrogen-bond acceptors (Lipinski definition) is 3. The average molecular weight is 377 g/mol. The zero-order valence-corrected chi connectivity index (χ0v) is 14.4. The average Bonchev–Trinajstić information content (AvgIpc) is 3.07. The normalized spacial score (nSPS) is 10.7. The van der Waals surface area contributed by atoms with E-state index in [-0.39, 0.29) is 30.1 Å². The van der Waals surface area contributed by atoms with Gasteiger partial charge in [0.15, 0.2) is 11.7 Å². The molecule has 0 fully saturated rings. The number of carbonyl (C=O) groups excluding carboxylic acids is 1. The van der Waals surface area contributed by atoms with Crippen molar-refractivity contribution in [3.63, 3.8) is 0 Å². The van der Waals surface area contributed by atoms with Crippen LogP contribution in [0.3, 0.4) is 0 Å². The Morgan fingerprint density at radius 2 is 2.04 bits per heavy atom. The summed E-state index contributed by atoms with van der Waals surface area (Å²) in [6.07, 6.45) is 1.80. The van der Waals surface area contributed by atoms with Gasteiger partial charge >= 0.3 is 0 Å². The van der Waals surface area contributed by atoms with Crippen molar-refractivity contribution in [2.24, 2.45) is 0 Å². The lowest BCUT2D eigenvalue weighted by Crippen LogP contribution is -2.23. The van der Waals surface area contributed by atoms with Crippen molar-refractivity contribution < 1.29 is 18.0 Å². The van der Waals surface area contributed by atoms with Crippen molar-refractivity contribution in [3.05, 3.63) is 76.8 Å². The third kappa shape index (κ3) is 4.67. The first-order valence-electron chi connectivity index (χ1n) is 7.92. The van der Waals surface area contributed by atoms with Gasteiger partial charge in [0, 0.05) is 30.5 Å². The number of oxazole rings is 1. The Morgan fingerprint density at radius 3 is 2.81 bits per heavy atom. The van der Waals surface area contributed by atoms with Gasteiger partial charge in [-0.15, -0.1) is 0 Å². The van der Waals surface area contributed by atoms with Crippen LogP contribution in [-0.4, -0.2) is 10.9 Å². The molecule has 0 unspecified atom stereocenters. The van der Waals surface area contributed by atoms with Crippen LogP contribution in [0.25, 0.3) is 11.3 Å². The summed E-state index contributed by atoms with van der Waals surface area (Å²) in [7, 11) is 0. The van der Waals surface area contributed by atoms with Crippen molar-refractivity contribution in [2.45, 2.75) is 19.4 Å². The molecule has 1 amide bonds. The van der Waals surface area contributed by atoms with Crippen molar-refractivity contribution >= 4 is 17.5 Å². The number of nitrogens with zero attached hydrogens (tertiary/aromatic N) is 1. The number of nitrogens with one attached hydrogen (secondary N) is 1. The molecular weight excluding hydrogens is 362 g/mol. The number of benzene rings is 2. The second-order valence-electron chi connectivity index (χ2n) is 5.65. The Hall–Kier alpha value is -2.73. The lowest BCUT2D eigenvalue weighted by Gasteiger charge is -2.05. The number of halogens is 3. The molecule has 2 aromatic carbocycles. The number of hydrogen-bond donors (Lipinski definition) is 1. The fourth-order valence-electron chi connectivity index (χ4n) is 2.40. The van der Waals surface area contributed by atoms with Crippen molar-refractivity contribution in [1.29, 1.82) is 0 Å². The summed E-state index contributed by atoms with van der Waals surface area (Å²) in [6, 6.07) is 10.4. The van der Waals surface area contributed by atoms with Crippen LogP contribution >= 0.6 is 11.6 Å². The molecule has 0 atom stereocenters. The molecule has 134 valence electrons. The van der Waals surface area contributed by atoms with Crippen LogP contribution in [0.1, 0.15) is 17.9 Å². The van der Waals surface area contributed by atoms with Crippen molar-refractivity contribution in [1.82, 2.24) is 10.3 Å². The molecule has 0 aliphatic heterocycles. The van der Waals surface area contributed by atoms with Crippen molar-refractivity contribution in [2.75, 3.05) is 0 Å². The highest BCUT2D eigenvalue weighted by Crippen LogP contribution is 2.24. The van der Waals surface area contributed by atoms with E-state index in [1.165, 1.54) is 12.3 Å². The van der Waals surface area contributed by atoms with E-state index in [1.54, 1.807) is 12.1 Å². The summed E-state index contributed by atoms with van der Waals surface area (Å²) >= 11 is 5.89. The van der Waals surface area contributed by atoms with Gasteiger partial charge in [0.2, 0.25) is 5.91 Å². The van der Waals surface area contributed by atoms with E-state index in [0.29, 0.717) is 17.5 Å². The van der Waals surface area contributed by atoms with E-state index in [4.69, 9.17) is 16.0 Å². The summed E-state index contributed by atoms with van der Waals surface area (Å²) in [6.45, 7) is 0.372. The lowest BCUT2D eigenvalue weighted by atomic mass is 10.2. The smallest absolute Gasteiger partial charge is 0.220 e. The topological polar surface area (TPSA) is 55.1 Å². The summed E-state index contributed by atoms with van der Waals surface area (Å²) in [4.78, 5) is 16.0. The Balaban J connectivity index is 1.53. The van der Waals surface area contributed by atoms with Gasteiger partial charge in [-0.25, -0.2) is 13.8 Å². The molecule has 3 aromatic rings. The van der Waals surface area contributed by atoms with E-state index >= 15 is 0 Å². The molecule has 1 aromatic heterocycles. The number of carbonyl (C=O) groups is 1. The van der Waals surface area contributed by atoms with Crippen LogP contribution in [-0.2, 0) is 17.8 Å². The Morgan fingerprint density at radius 1 is 1.19 bits per heavy atom. The van der Waals surface area contributed by atoms with Crippen LogP contribution in [0, 0.1) is 11.6 Å². The number of rotatable bonds is 6. The monoisotopic (exact) mass is 376 g/mol. The first kappa shape index (κ1) is 18.1. The quantitative estimate of drug-likeness (QED) is 0.688. The first-order chi connectivity index (χ1) is 12.5. The highest BCUT2D eigenvalue weighted by atomic mass is 35.5. The molecule has 0 bridgehead atoms. The molecule has 1 N–H and O–H groups in total. The van der Waals surface area contributed by atoms with Gasteiger partial charge in [-0.3, -0.25) is 4.79 Å². The van der Waals surface area contributed by atoms with Crippen LogP contribution in [0.2, 0.25) is 5.02 Å². The predicted molar refractivity (Wildman–Crippen MR) is 93.5 cm³/mol. The molecular formula is C19H15ClF2N2O2. The second kappa shape index (κ2) is 8.10. The molecule has 1 heterocycles. The van der Waals surface area contributed by atoms with Gasteiger partial charge in [-0.1, -0.05) is 23.7 Å². The fourth-order valence-corrected chi connectivity index (χ4v) is 2.61. The van der Waals surface area contributed by atoms with Gasteiger partial charge in [0.1, 0.15) is 11.6 Å². The molecule has 7 heteroatoms. The zero-order chi connectivity index (χ0) is 18.5. The molecule has 26 heavy (non-hydrogen) atoms. The maximum atomic E-state index is 13.7. The van der Waals surface area contributed by atoms with Crippen LogP contribution in [0.4, 0.5) is 8.78 Å². The molecule has 0 radical (unpaired) electrons. The summed E-state index contributed by atoms with van der Waals surface area (Å²) < 4.78 is 32.2. The van der Waals surface area contributed by atoms with Crippen LogP contribution in [0.5, 0.6) is 0 Å². The van der Waals surface area contributed by atoms with E-state index < -0.39 is 11.6 Å². The van der Waals surface area contributed by atoms with Gasteiger partial charge < -0.3 is 9.73 Å². The summed E-state index contributed by atoms with van der Waals surface area (Å²) in [5.74, 6) is -1.06. The molecule has 0 saturated heterocycles. The summed E-state index contributed by atoms with van der Waals surface area (Å²) in [5.41, 5.74) is 1.02. The Kier molecular flexibility index (Phi) is 5.63. The molecule has 0 spiro atoms. The predicted octanol–water partition coefficient (Wildman–Crippen LogP) is 4.52. The second-order valence-corrected chi connectivity index (χ2v) is 6.09. The fraction of sp³-hybridized carbons (Fsp3) is 0.158. The number of amides is 1. The highest BCUT2D eigenvalue weighted by Gasteiger charge is 2.13.